The quantitative estimate of drug-likeness (QED) is 0.162. The van der Waals surface area contributed by atoms with E-state index in [0.717, 1.165) is 22.3 Å². The van der Waals surface area contributed by atoms with E-state index in [0.29, 0.717) is 0 Å². The third kappa shape index (κ3) is 9.08. The number of rotatable bonds is 6. The van der Waals surface area contributed by atoms with Gasteiger partial charge in [-0.15, -0.1) is 0 Å². The maximum Gasteiger partial charge on any atom is 0.135 e. The Morgan fingerprint density at radius 3 is 1.86 bits per heavy atom. The summed E-state index contributed by atoms with van der Waals surface area (Å²) in [4.78, 5) is 0. The van der Waals surface area contributed by atoms with Crippen LogP contribution in [0.1, 0.15) is 84.9 Å². The van der Waals surface area contributed by atoms with Crippen molar-refractivity contribution in [3.8, 4) is 44.5 Å². The van der Waals surface area contributed by atoms with E-state index in [-0.39, 0.29) is 5.41 Å². The van der Waals surface area contributed by atoms with Crippen molar-refractivity contribution in [2.45, 2.75) is 67.7 Å². The lowest BCUT2D eigenvalue weighted by molar-refractivity contribution is 0.603. The first kappa shape index (κ1) is 49.8. The molecule has 362 valence electrons. The maximum absolute atomic E-state index is 5.60. The van der Waals surface area contributed by atoms with Gasteiger partial charge in [0.1, 0.15) is 11.3 Å². The van der Waals surface area contributed by atoms with Crippen LogP contribution < -0.4 is 0 Å². The largest absolute Gasteiger partial charge is 0.456 e. The molecule has 12 rings (SSSR count). The molecule has 2 heterocycles. The van der Waals surface area contributed by atoms with Gasteiger partial charge in [0.05, 0.1) is 0 Å². The van der Waals surface area contributed by atoms with Gasteiger partial charge in [0, 0.05) is 45.2 Å². The molecular weight excluding hydrogens is 883 g/mol. The van der Waals surface area contributed by atoms with Crippen LogP contribution in [-0.2, 0) is 12.5 Å². The van der Waals surface area contributed by atoms with Crippen LogP contribution in [-0.4, -0.2) is 4.57 Å². The zero-order chi connectivity index (χ0) is 51.6. The van der Waals surface area contributed by atoms with Gasteiger partial charge in [0.2, 0.25) is 0 Å². The van der Waals surface area contributed by atoms with Crippen LogP contribution in [0.25, 0.3) is 106 Å². The van der Waals surface area contributed by atoms with Crippen LogP contribution >= 0.6 is 0 Å². The number of aromatic nitrogens is 1. The molecule has 11 aromatic rings. The first-order valence-electron chi connectivity index (χ1n) is 25.7. The van der Waals surface area contributed by atoms with E-state index in [9.17, 15) is 0 Å². The van der Waals surface area contributed by atoms with E-state index < -0.39 is 0 Å². The SMILES string of the molecule is C/C=C\c1c(C)cccc1-c1ccc(-c2ccccc2)c(-c2cc3c(c4ccccc24)-c2ccc(C)cc2C3(C)C)c1.C=Cc1oc2ccc(C)cc2c1C=C.CC.Cc1cccc2c1c1ccccc1n2C. The van der Waals surface area contributed by atoms with E-state index in [2.05, 4.69) is 249 Å². The molecule has 0 unspecified atom stereocenters. The van der Waals surface area contributed by atoms with Gasteiger partial charge >= 0.3 is 0 Å². The Morgan fingerprint density at radius 1 is 0.479 bits per heavy atom. The second kappa shape index (κ2) is 20.9. The van der Waals surface area contributed by atoms with Crippen molar-refractivity contribution in [2.75, 3.05) is 0 Å². The lowest BCUT2D eigenvalue weighted by Crippen LogP contribution is -2.15. The molecule has 2 nitrogen and oxygen atoms in total. The van der Waals surface area contributed by atoms with E-state index in [4.69, 9.17) is 4.42 Å². The summed E-state index contributed by atoms with van der Waals surface area (Å²) in [5.74, 6) is 0.792. The van der Waals surface area contributed by atoms with E-state index in [1.54, 1.807) is 6.08 Å². The Labute approximate surface area is 433 Å². The van der Waals surface area contributed by atoms with Gasteiger partial charge in [-0.05, 0) is 160 Å². The van der Waals surface area contributed by atoms with Crippen molar-refractivity contribution >= 4 is 61.8 Å². The molecule has 1 aliphatic carbocycles. The number of furan rings is 1. The van der Waals surface area contributed by atoms with Gasteiger partial charge in [0.25, 0.3) is 0 Å². The van der Waals surface area contributed by atoms with Gasteiger partial charge in [-0.1, -0.05) is 210 Å². The molecule has 0 aliphatic heterocycles. The molecule has 0 atom stereocenters. The molecule has 0 saturated heterocycles. The van der Waals surface area contributed by atoms with Crippen molar-refractivity contribution < 1.29 is 4.42 Å². The van der Waals surface area contributed by atoms with Crippen LogP contribution in [0, 0.1) is 27.7 Å². The fourth-order valence-electron chi connectivity index (χ4n) is 11.0. The average Bonchev–Trinajstić information content (AvgIpc) is 4.01. The number of fused-ring (bicyclic) bond motifs is 9. The molecule has 0 amide bonds. The standard InChI is InChI=1S/C42H36.C14H13N.C13H12O.C2H6/c1-6-13-31-28(3)14-12-19-32(31)30-21-23-33(29-15-8-7-9-16-29)37(25-30)38-26-40-41(35-18-11-10-17-34(35)38)36-22-20-27(2)24-39(36)42(40,4)5;1-10-6-5-9-13-14(10)11-7-3-4-8-12(11)15(13)2;1-4-10-11-8-9(3)6-7-13(11)14-12(10)5-2;1-2/h6-26H,1-5H3;3-9H,1-2H3;4-8H,1-2H2,3H3;1-2H3/b13-6-;;;. The van der Waals surface area contributed by atoms with Gasteiger partial charge < -0.3 is 8.98 Å². The summed E-state index contributed by atoms with van der Waals surface area (Å²) in [5, 5.41) is 6.47. The number of allylic oxidation sites excluding steroid dienone is 1. The Kier molecular flexibility index (Phi) is 14.2. The van der Waals surface area contributed by atoms with Crippen LogP contribution in [0.3, 0.4) is 0 Å². The minimum Gasteiger partial charge on any atom is -0.456 e. The Balaban J connectivity index is 0.000000171. The van der Waals surface area contributed by atoms with E-state index in [1.807, 2.05) is 32.1 Å². The topological polar surface area (TPSA) is 18.1 Å². The third-order valence-electron chi connectivity index (χ3n) is 14.6. The molecule has 0 radical (unpaired) electrons. The number of aryl methyl sites for hydroxylation is 5. The highest BCUT2D eigenvalue weighted by Gasteiger charge is 2.37. The fourth-order valence-corrected chi connectivity index (χ4v) is 11.0. The fraction of sp³-hybridized carbons (Fsp3) is 0.155. The molecule has 2 aromatic heterocycles. The average molecular weight is 950 g/mol. The van der Waals surface area contributed by atoms with Crippen LogP contribution in [0.4, 0.5) is 0 Å². The van der Waals surface area contributed by atoms with Crippen molar-refractivity contribution in [3.05, 3.63) is 245 Å². The smallest absolute Gasteiger partial charge is 0.135 e. The summed E-state index contributed by atoms with van der Waals surface area (Å²) < 4.78 is 7.87. The first-order valence-corrected chi connectivity index (χ1v) is 25.7. The monoisotopic (exact) mass is 950 g/mol. The number of hydrogen-bond donors (Lipinski definition) is 0. The van der Waals surface area contributed by atoms with E-state index in [1.165, 1.54) is 116 Å². The number of nitrogens with zero attached hydrogens (tertiary/aromatic N) is 1. The van der Waals surface area contributed by atoms with Gasteiger partial charge in [0.15, 0.2) is 0 Å². The van der Waals surface area contributed by atoms with Crippen molar-refractivity contribution in [1.82, 2.24) is 4.57 Å². The molecule has 73 heavy (non-hydrogen) atoms. The van der Waals surface area contributed by atoms with Crippen LogP contribution in [0.15, 0.2) is 200 Å². The molecular formula is C71H67NO. The lowest BCUT2D eigenvalue weighted by Gasteiger charge is -2.24. The van der Waals surface area contributed by atoms with E-state index >= 15 is 0 Å². The minimum atomic E-state index is -0.0877. The molecule has 2 heteroatoms. The lowest BCUT2D eigenvalue weighted by atomic mass is 9.79. The molecule has 0 spiro atoms. The number of hydrogen-bond acceptors (Lipinski definition) is 1. The Hall–Kier alpha value is -8.20. The Morgan fingerprint density at radius 2 is 1.12 bits per heavy atom. The molecule has 0 bridgehead atoms. The predicted molar refractivity (Wildman–Crippen MR) is 320 cm³/mol. The van der Waals surface area contributed by atoms with Crippen LogP contribution in [0.5, 0.6) is 0 Å². The summed E-state index contributed by atoms with van der Waals surface area (Å²) in [6, 6.07) is 64.2. The predicted octanol–water partition coefficient (Wildman–Crippen LogP) is 20.5. The normalized spacial score (nSPS) is 12.1. The first-order chi connectivity index (χ1) is 35.4. The third-order valence-corrected chi connectivity index (χ3v) is 14.6. The van der Waals surface area contributed by atoms with Gasteiger partial charge in [-0.25, -0.2) is 0 Å². The molecule has 1 aliphatic rings. The summed E-state index contributed by atoms with van der Waals surface area (Å²) in [7, 11) is 2.13. The highest BCUT2D eigenvalue weighted by molar-refractivity contribution is 6.11. The maximum atomic E-state index is 5.60. The highest BCUT2D eigenvalue weighted by Crippen LogP contribution is 2.54. The second-order valence-corrected chi connectivity index (χ2v) is 19.6. The van der Waals surface area contributed by atoms with Gasteiger partial charge in [-0.2, -0.15) is 0 Å². The van der Waals surface area contributed by atoms with Gasteiger partial charge in [-0.3, -0.25) is 0 Å². The Bertz CT molecular complexity index is 3890. The summed E-state index contributed by atoms with van der Waals surface area (Å²) in [5.41, 5.74) is 24.1. The number of benzene rings is 9. The molecule has 9 aromatic carbocycles. The molecule has 0 saturated carbocycles. The van der Waals surface area contributed by atoms with Crippen molar-refractivity contribution in [1.29, 1.82) is 0 Å². The molecule has 0 fully saturated rings. The summed E-state index contributed by atoms with van der Waals surface area (Å²) in [6.07, 6.45) is 7.90. The second-order valence-electron chi connectivity index (χ2n) is 19.6. The summed E-state index contributed by atoms with van der Waals surface area (Å²) in [6.45, 7) is 27.0. The molecule has 0 N–H and O–H groups in total. The summed E-state index contributed by atoms with van der Waals surface area (Å²) >= 11 is 0. The van der Waals surface area contributed by atoms with Crippen molar-refractivity contribution in [2.24, 2.45) is 7.05 Å². The van der Waals surface area contributed by atoms with Crippen LogP contribution in [0.2, 0.25) is 0 Å². The van der Waals surface area contributed by atoms with Crippen molar-refractivity contribution in [3.63, 3.8) is 0 Å². The zero-order valence-electron chi connectivity index (χ0n) is 44.3. The zero-order valence-corrected chi connectivity index (χ0v) is 44.3. The minimum absolute atomic E-state index is 0.0877. The highest BCUT2D eigenvalue weighted by atomic mass is 16.3. The number of para-hydroxylation sites is 1.